The first-order chi connectivity index (χ1) is 8.99. The van der Waals surface area contributed by atoms with Crippen LogP contribution in [0.4, 0.5) is 0 Å². The summed E-state index contributed by atoms with van der Waals surface area (Å²) >= 11 is 4.11. The number of aliphatic hydroxyl groups excluding tert-OH is 1. The van der Waals surface area contributed by atoms with Crippen molar-refractivity contribution in [2.75, 3.05) is 0 Å². The number of amides is 1. The van der Waals surface area contributed by atoms with Gasteiger partial charge in [0, 0.05) is 3.57 Å². The lowest BCUT2D eigenvalue weighted by molar-refractivity contribution is 0.0715. The molecular formula is C13H15I2NO3. The highest BCUT2D eigenvalue weighted by atomic mass is 127. The first-order valence-corrected chi connectivity index (χ1v) is 8.31. The lowest BCUT2D eigenvalue weighted by Gasteiger charge is -2.28. The van der Waals surface area contributed by atoms with Crippen LogP contribution in [0.5, 0.6) is 5.75 Å². The monoisotopic (exact) mass is 487 g/mol. The van der Waals surface area contributed by atoms with Crippen LogP contribution in [0.15, 0.2) is 12.1 Å². The van der Waals surface area contributed by atoms with Crippen molar-refractivity contribution >= 4 is 51.1 Å². The normalized spacial score (nSPS) is 23.1. The molecule has 0 saturated heterocycles. The maximum atomic E-state index is 12.2. The van der Waals surface area contributed by atoms with E-state index >= 15 is 0 Å². The van der Waals surface area contributed by atoms with Gasteiger partial charge < -0.3 is 15.5 Å². The number of carbonyl (C=O) groups excluding carboxylic acids is 1. The molecule has 2 atom stereocenters. The zero-order valence-corrected chi connectivity index (χ0v) is 14.5. The minimum Gasteiger partial charge on any atom is -0.506 e. The van der Waals surface area contributed by atoms with E-state index in [2.05, 4.69) is 27.9 Å². The van der Waals surface area contributed by atoms with E-state index in [0.29, 0.717) is 3.57 Å². The third kappa shape index (κ3) is 3.72. The van der Waals surface area contributed by atoms with Crippen molar-refractivity contribution in [3.63, 3.8) is 0 Å². The van der Waals surface area contributed by atoms with E-state index in [1.54, 1.807) is 6.07 Å². The Bertz CT molecular complexity index is 493. The van der Waals surface area contributed by atoms with Crippen LogP contribution in [-0.2, 0) is 0 Å². The fourth-order valence-electron chi connectivity index (χ4n) is 2.26. The highest BCUT2D eigenvalue weighted by Gasteiger charge is 2.26. The van der Waals surface area contributed by atoms with Crippen LogP contribution in [0.1, 0.15) is 36.0 Å². The van der Waals surface area contributed by atoms with Gasteiger partial charge in [-0.15, -0.1) is 0 Å². The molecule has 1 amide bonds. The van der Waals surface area contributed by atoms with Gasteiger partial charge in [-0.05, 0) is 70.2 Å². The molecule has 2 unspecified atom stereocenters. The number of halogens is 2. The average Bonchev–Trinajstić information content (AvgIpc) is 2.36. The summed E-state index contributed by atoms with van der Waals surface area (Å²) in [6, 6.07) is 3.25. The van der Waals surface area contributed by atoms with Gasteiger partial charge in [-0.1, -0.05) is 12.8 Å². The molecule has 1 aromatic carbocycles. The van der Waals surface area contributed by atoms with E-state index in [-0.39, 0.29) is 23.3 Å². The van der Waals surface area contributed by atoms with Crippen molar-refractivity contribution in [2.45, 2.75) is 37.8 Å². The van der Waals surface area contributed by atoms with E-state index in [1.165, 1.54) is 0 Å². The highest BCUT2D eigenvalue weighted by Crippen LogP contribution is 2.27. The maximum absolute atomic E-state index is 12.2. The minimum absolute atomic E-state index is 0.00353. The SMILES string of the molecule is O=C(NC1CCCCC1O)c1cc(I)cc(I)c1O. The van der Waals surface area contributed by atoms with Crippen molar-refractivity contribution in [1.29, 1.82) is 0 Å². The van der Waals surface area contributed by atoms with Gasteiger partial charge in [0.25, 0.3) is 5.91 Å². The van der Waals surface area contributed by atoms with E-state index in [4.69, 9.17) is 0 Å². The molecule has 0 aliphatic heterocycles. The van der Waals surface area contributed by atoms with Crippen LogP contribution in [0.25, 0.3) is 0 Å². The number of aliphatic hydroxyl groups is 1. The van der Waals surface area contributed by atoms with E-state index in [9.17, 15) is 15.0 Å². The second-order valence-corrected chi connectivity index (χ2v) is 7.12. The van der Waals surface area contributed by atoms with Gasteiger partial charge >= 0.3 is 0 Å². The number of carbonyl (C=O) groups is 1. The van der Waals surface area contributed by atoms with Crippen LogP contribution < -0.4 is 5.32 Å². The summed E-state index contributed by atoms with van der Waals surface area (Å²) in [7, 11) is 0. The fourth-order valence-corrected chi connectivity index (χ4v) is 4.11. The van der Waals surface area contributed by atoms with Crippen LogP contribution >= 0.6 is 45.2 Å². The molecule has 1 aliphatic rings. The molecule has 0 aromatic heterocycles. The average molecular weight is 487 g/mol. The maximum Gasteiger partial charge on any atom is 0.255 e. The lowest BCUT2D eigenvalue weighted by Crippen LogP contribution is -2.45. The number of hydrogen-bond donors (Lipinski definition) is 3. The number of rotatable bonds is 2. The quantitative estimate of drug-likeness (QED) is 0.563. The van der Waals surface area contributed by atoms with Crippen LogP contribution in [0, 0.1) is 7.14 Å². The van der Waals surface area contributed by atoms with E-state index in [0.717, 1.165) is 29.3 Å². The number of aromatic hydroxyl groups is 1. The lowest BCUT2D eigenvalue weighted by atomic mass is 9.92. The Balaban J connectivity index is 2.15. The number of phenolic OH excluding ortho intramolecular Hbond substituents is 1. The number of nitrogens with one attached hydrogen (secondary N) is 1. The molecule has 1 fully saturated rings. The van der Waals surface area contributed by atoms with Crippen LogP contribution in [-0.4, -0.2) is 28.3 Å². The van der Waals surface area contributed by atoms with Crippen LogP contribution in [0.2, 0.25) is 0 Å². The zero-order chi connectivity index (χ0) is 14.0. The number of hydrogen-bond acceptors (Lipinski definition) is 3. The molecule has 2 rings (SSSR count). The fraction of sp³-hybridized carbons (Fsp3) is 0.462. The van der Waals surface area contributed by atoms with Gasteiger partial charge in [-0.2, -0.15) is 0 Å². The van der Waals surface area contributed by atoms with Crippen molar-refractivity contribution < 1.29 is 15.0 Å². The molecule has 0 heterocycles. The minimum atomic E-state index is -0.485. The Kier molecular flexibility index (Phi) is 5.29. The van der Waals surface area contributed by atoms with Crippen molar-refractivity contribution in [1.82, 2.24) is 5.32 Å². The number of benzene rings is 1. The first kappa shape index (κ1) is 15.3. The molecule has 0 radical (unpaired) electrons. The highest BCUT2D eigenvalue weighted by molar-refractivity contribution is 14.1. The summed E-state index contributed by atoms with van der Waals surface area (Å²) in [6.07, 6.45) is 3.04. The molecule has 1 aromatic rings. The molecule has 3 N–H and O–H groups in total. The molecule has 0 spiro atoms. The molecular weight excluding hydrogens is 472 g/mol. The molecule has 6 heteroatoms. The Labute approximate surface area is 139 Å². The predicted molar refractivity (Wildman–Crippen MR) is 89.3 cm³/mol. The summed E-state index contributed by atoms with van der Waals surface area (Å²) in [6.45, 7) is 0. The second kappa shape index (κ2) is 6.57. The Morgan fingerprint density at radius 1 is 1.26 bits per heavy atom. The van der Waals surface area contributed by atoms with Crippen molar-refractivity contribution in [3.05, 3.63) is 24.8 Å². The van der Waals surface area contributed by atoms with Gasteiger partial charge in [-0.25, -0.2) is 0 Å². The topological polar surface area (TPSA) is 69.6 Å². The van der Waals surface area contributed by atoms with Gasteiger partial charge in [-0.3, -0.25) is 4.79 Å². The van der Waals surface area contributed by atoms with Gasteiger partial charge in [0.1, 0.15) is 5.75 Å². The van der Waals surface area contributed by atoms with E-state index in [1.807, 2.05) is 28.7 Å². The standard InChI is InChI=1S/C13H15I2NO3/c14-7-5-8(12(18)9(15)6-7)13(19)16-10-3-1-2-4-11(10)17/h5-6,10-11,17-18H,1-4H2,(H,16,19). The van der Waals surface area contributed by atoms with Gasteiger partial charge in [0.05, 0.1) is 21.3 Å². The van der Waals surface area contributed by atoms with Crippen molar-refractivity contribution in [2.24, 2.45) is 0 Å². The molecule has 104 valence electrons. The summed E-state index contributed by atoms with van der Waals surface area (Å²) in [4.78, 5) is 12.2. The van der Waals surface area contributed by atoms with Crippen molar-refractivity contribution in [3.8, 4) is 5.75 Å². The Morgan fingerprint density at radius 2 is 1.95 bits per heavy atom. The smallest absolute Gasteiger partial charge is 0.255 e. The van der Waals surface area contributed by atoms with Gasteiger partial charge in [0.15, 0.2) is 0 Å². The zero-order valence-electron chi connectivity index (χ0n) is 10.2. The second-order valence-electron chi connectivity index (χ2n) is 4.72. The molecule has 19 heavy (non-hydrogen) atoms. The molecule has 0 bridgehead atoms. The Hall–Kier alpha value is -0.0900. The molecule has 1 aliphatic carbocycles. The summed E-state index contributed by atoms with van der Waals surface area (Å²) in [5.74, 6) is -0.316. The predicted octanol–water partition coefficient (Wildman–Crippen LogP) is 2.63. The molecule has 1 saturated carbocycles. The largest absolute Gasteiger partial charge is 0.506 e. The first-order valence-electron chi connectivity index (χ1n) is 6.16. The van der Waals surface area contributed by atoms with E-state index < -0.39 is 6.10 Å². The summed E-state index contributed by atoms with van der Waals surface area (Å²) in [5, 5.41) is 22.6. The van der Waals surface area contributed by atoms with Crippen LogP contribution in [0.3, 0.4) is 0 Å². The third-order valence-electron chi connectivity index (χ3n) is 3.32. The van der Waals surface area contributed by atoms with Gasteiger partial charge in [0.2, 0.25) is 0 Å². The third-order valence-corrected chi connectivity index (χ3v) is 4.76. The summed E-state index contributed by atoms with van der Waals surface area (Å²) < 4.78 is 1.55. The number of phenols is 1. The summed E-state index contributed by atoms with van der Waals surface area (Å²) in [5.41, 5.74) is 0.272. The Morgan fingerprint density at radius 3 is 2.63 bits per heavy atom. The molecule has 4 nitrogen and oxygen atoms in total.